The molecule has 1 fully saturated rings. The molecular formula is C23H27N3O3S. The number of carbonyl (C=O) groups is 2. The summed E-state index contributed by atoms with van der Waals surface area (Å²) in [7, 11) is 0. The molecular weight excluding hydrogens is 398 g/mol. The second kappa shape index (κ2) is 9.51. The number of hydrogen-bond acceptors (Lipinski definition) is 4. The van der Waals surface area contributed by atoms with Crippen LogP contribution in [-0.2, 0) is 16.1 Å². The fourth-order valence-corrected chi connectivity index (χ4v) is 5.23. The lowest BCUT2D eigenvalue weighted by Crippen LogP contribution is -2.49. The first-order chi connectivity index (χ1) is 14.6. The van der Waals surface area contributed by atoms with Crippen LogP contribution in [-0.4, -0.2) is 46.7 Å². The number of fused-ring (bicyclic) bond motifs is 4. The number of likely N-dealkylation sites (tertiary alicyclic amines) is 1. The highest BCUT2D eigenvalue weighted by Crippen LogP contribution is 2.35. The Labute approximate surface area is 180 Å². The van der Waals surface area contributed by atoms with Crippen LogP contribution in [0.15, 0.2) is 58.2 Å². The van der Waals surface area contributed by atoms with Crippen LogP contribution in [0.5, 0.6) is 0 Å². The first-order valence-corrected chi connectivity index (χ1v) is 11.5. The molecule has 0 aliphatic carbocycles. The third kappa shape index (κ3) is 4.95. The minimum atomic E-state index is -0.0777. The molecule has 4 rings (SSSR count). The molecule has 1 aromatic heterocycles. The molecule has 0 unspecified atom stereocenters. The molecule has 6 nitrogen and oxygen atoms in total. The van der Waals surface area contributed by atoms with E-state index in [0.717, 1.165) is 17.9 Å². The first-order valence-electron chi connectivity index (χ1n) is 10.5. The number of nitrogens with zero attached hydrogens (tertiary/aromatic N) is 2. The van der Waals surface area contributed by atoms with Gasteiger partial charge in [0.15, 0.2) is 0 Å². The summed E-state index contributed by atoms with van der Waals surface area (Å²) in [6, 6.07) is 15.5. The molecule has 2 atom stereocenters. The predicted molar refractivity (Wildman–Crippen MR) is 118 cm³/mol. The van der Waals surface area contributed by atoms with Crippen LogP contribution < -0.4 is 10.9 Å². The average Bonchev–Trinajstić information content (AvgIpc) is 2.76. The minimum absolute atomic E-state index is 0.0326. The normalized spacial score (nSPS) is 19.8. The van der Waals surface area contributed by atoms with E-state index in [2.05, 4.69) is 5.32 Å². The van der Waals surface area contributed by atoms with E-state index < -0.39 is 0 Å². The van der Waals surface area contributed by atoms with Crippen molar-refractivity contribution in [3.8, 4) is 0 Å². The molecule has 1 N–H and O–H groups in total. The summed E-state index contributed by atoms with van der Waals surface area (Å²) in [6.07, 6.45) is 1.47. The van der Waals surface area contributed by atoms with Gasteiger partial charge in [0.2, 0.25) is 11.8 Å². The van der Waals surface area contributed by atoms with Crippen molar-refractivity contribution in [1.82, 2.24) is 14.8 Å². The Morgan fingerprint density at radius 2 is 1.83 bits per heavy atom. The molecule has 2 aromatic rings. The molecule has 158 valence electrons. The average molecular weight is 426 g/mol. The van der Waals surface area contributed by atoms with Gasteiger partial charge < -0.3 is 14.8 Å². The third-order valence-corrected chi connectivity index (χ3v) is 6.85. The number of rotatable bonds is 7. The lowest BCUT2D eigenvalue weighted by atomic mass is 9.83. The highest BCUT2D eigenvalue weighted by atomic mass is 32.2. The molecule has 2 aliphatic heterocycles. The van der Waals surface area contributed by atoms with E-state index in [9.17, 15) is 14.4 Å². The van der Waals surface area contributed by atoms with Crippen molar-refractivity contribution in [3.63, 3.8) is 0 Å². The van der Waals surface area contributed by atoms with E-state index in [-0.39, 0.29) is 36.1 Å². The number of pyridine rings is 1. The van der Waals surface area contributed by atoms with Crippen molar-refractivity contribution in [1.29, 1.82) is 0 Å². The zero-order valence-electron chi connectivity index (χ0n) is 17.0. The van der Waals surface area contributed by atoms with Gasteiger partial charge in [-0.05, 0) is 30.5 Å². The zero-order chi connectivity index (χ0) is 20.9. The lowest BCUT2D eigenvalue weighted by molar-refractivity contribution is -0.136. The maximum Gasteiger partial charge on any atom is 0.250 e. The van der Waals surface area contributed by atoms with Crippen molar-refractivity contribution < 1.29 is 9.59 Å². The lowest BCUT2D eigenvalue weighted by Gasteiger charge is -2.42. The standard InChI is InChI=1S/C23H27N3O3S/c27-21(24-11-12-30-19-5-2-1-3-6-19)9-10-22(28)25-14-17-13-18(16-25)20-7-4-8-23(29)26(20)15-17/h1-8,17-18H,9-16H2,(H,24,27)/t17-,18-/m1/s1. The number of hydrogen-bond donors (Lipinski definition) is 1. The van der Waals surface area contributed by atoms with E-state index in [0.29, 0.717) is 32.1 Å². The molecule has 2 amide bonds. The van der Waals surface area contributed by atoms with Crippen molar-refractivity contribution in [2.45, 2.75) is 36.6 Å². The number of nitrogens with one attached hydrogen (secondary N) is 1. The Morgan fingerprint density at radius 1 is 1.00 bits per heavy atom. The van der Waals surface area contributed by atoms with E-state index in [1.807, 2.05) is 45.9 Å². The number of benzene rings is 1. The summed E-state index contributed by atoms with van der Waals surface area (Å²) < 4.78 is 1.86. The van der Waals surface area contributed by atoms with Gasteiger partial charge in [0.05, 0.1) is 0 Å². The van der Waals surface area contributed by atoms with Crippen molar-refractivity contribution in [3.05, 3.63) is 64.6 Å². The molecule has 1 saturated heterocycles. The topological polar surface area (TPSA) is 71.4 Å². The smallest absolute Gasteiger partial charge is 0.250 e. The Kier molecular flexibility index (Phi) is 6.57. The van der Waals surface area contributed by atoms with Gasteiger partial charge in [-0.1, -0.05) is 24.3 Å². The van der Waals surface area contributed by atoms with Gasteiger partial charge in [0.25, 0.3) is 5.56 Å². The van der Waals surface area contributed by atoms with E-state index in [1.165, 1.54) is 4.90 Å². The zero-order valence-corrected chi connectivity index (χ0v) is 17.8. The predicted octanol–water partition coefficient (Wildman–Crippen LogP) is 2.48. The van der Waals surface area contributed by atoms with Crippen LogP contribution in [0.4, 0.5) is 0 Å². The van der Waals surface area contributed by atoms with Crippen molar-refractivity contribution in [2.75, 3.05) is 25.4 Å². The van der Waals surface area contributed by atoms with Gasteiger partial charge in [0, 0.05) is 67.3 Å². The summed E-state index contributed by atoms with van der Waals surface area (Å²) in [5.74, 6) is 1.28. The quantitative estimate of drug-likeness (QED) is 0.547. The maximum atomic E-state index is 12.7. The van der Waals surface area contributed by atoms with Gasteiger partial charge in [-0.3, -0.25) is 14.4 Å². The highest BCUT2D eigenvalue weighted by molar-refractivity contribution is 7.99. The number of carbonyl (C=O) groups excluding carboxylic acids is 2. The van der Waals surface area contributed by atoms with Crippen molar-refractivity contribution in [2.24, 2.45) is 5.92 Å². The van der Waals surface area contributed by atoms with E-state index in [4.69, 9.17) is 0 Å². The number of aromatic nitrogens is 1. The van der Waals surface area contributed by atoms with Crippen LogP contribution in [0, 0.1) is 5.92 Å². The summed E-state index contributed by atoms with van der Waals surface area (Å²) in [4.78, 5) is 40.0. The monoisotopic (exact) mass is 425 g/mol. The van der Waals surface area contributed by atoms with Crippen LogP contribution in [0.25, 0.3) is 0 Å². The molecule has 0 saturated carbocycles. The second-order valence-electron chi connectivity index (χ2n) is 8.01. The molecule has 2 aliphatic rings. The van der Waals surface area contributed by atoms with E-state index >= 15 is 0 Å². The Hall–Kier alpha value is -2.54. The Bertz CT molecular complexity index is 960. The molecule has 1 aromatic carbocycles. The highest BCUT2D eigenvalue weighted by Gasteiger charge is 2.36. The fourth-order valence-electron chi connectivity index (χ4n) is 4.44. The van der Waals surface area contributed by atoms with Crippen LogP contribution in [0.1, 0.15) is 30.9 Å². The number of piperidine rings is 1. The van der Waals surface area contributed by atoms with E-state index in [1.54, 1.807) is 23.9 Å². The largest absolute Gasteiger partial charge is 0.355 e. The van der Waals surface area contributed by atoms with Gasteiger partial charge in [0.1, 0.15) is 0 Å². The second-order valence-corrected chi connectivity index (χ2v) is 9.18. The Balaban J connectivity index is 1.21. The van der Waals surface area contributed by atoms with Gasteiger partial charge in [-0.2, -0.15) is 0 Å². The molecule has 7 heteroatoms. The van der Waals surface area contributed by atoms with Crippen LogP contribution in [0.3, 0.4) is 0 Å². The van der Waals surface area contributed by atoms with Gasteiger partial charge >= 0.3 is 0 Å². The number of amides is 2. The van der Waals surface area contributed by atoms with Gasteiger partial charge in [-0.25, -0.2) is 0 Å². The molecule has 0 spiro atoms. The molecule has 0 radical (unpaired) electrons. The molecule has 3 heterocycles. The fraction of sp³-hybridized carbons (Fsp3) is 0.435. The first kappa shape index (κ1) is 20.7. The van der Waals surface area contributed by atoms with Crippen molar-refractivity contribution >= 4 is 23.6 Å². The van der Waals surface area contributed by atoms with Gasteiger partial charge in [-0.15, -0.1) is 11.8 Å². The third-order valence-electron chi connectivity index (χ3n) is 5.83. The summed E-state index contributed by atoms with van der Waals surface area (Å²) in [6.45, 7) is 2.57. The molecule has 30 heavy (non-hydrogen) atoms. The number of thioether (sulfide) groups is 1. The summed E-state index contributed by atoms with van der Waals surface area (Å²) in [5, 5.41) is 2.90. The maximum absolute atomic E-state index is 12.7. The summed E-state index contributed by atoms with van der Waals surface area (Å²) >= 11 is 1.70. The van der Waals surface area contributed by atoms with Crippen LogP contribution in [0.2, 0.25) is 0 Å². The Morgan fingerprint density at radius 3 is 2.67 bits per heavy atom. The van der Waals surface area contributed by atoms with Crippen LogP contribution >= 0.6 is 11.8 Å². The minimum Gasteiger partial charge on any atom is -0.355 e. The SMILES string of the molecule is O=C(CCC(=O)N1C[C@H]2C[C@H](C1)c1cccc(=O)n1C2)NCCSc1ccccc1. The molecule has 2 bridgehead atoms. The summed E-state index contributed by atoms with van der Waals surface area (Å²) in [5.41, 5.74) is 1.08.